The number of benzene rings is 1. The van der Waals surface area contributed by atoms with Gasteiger partial charge in [0.2, 0.25) is 0 Å². The Morgan fingerprint density at radius 3 is 2.53 bits per heavy atom. The first-order chi connectivity index (χ1) is 15.5. The van der Waals surface area contributed by atoms with Crippen LogP contribution in [-0.4, -0.2) is 69.8 Å². The van der Waals surface area contributed by atoms with Crippen molar-refractivity contribution < 1.29 is 23.8 Å². The first-order valence-electron chi connectivity index (χ1n) is 10.7. The second kappa shape index (κ2) is 11.8. The van der Waals surface area contributed by atoms with E-state index < -0.39 is 11.8 Å². The highest BCUT2D eigenvalue weighted by atomic mass is 32.1. The lowest BCUT2D eigenvalue weighted by Gasteiger charge is -2.37. The summed E-state index contributed by atoms with van der Waals surface area (Å²) >= 11 is 1.65. The smallest absolute Gasteiger partial charge is 0.309 e. The van der Waals surface area contributed by atoms with Gasteiger partial charge in [0.25, 0.3) is 0 Å². The molecule has 1 saturated heterocycles. The van der Waals surface area contributed by atoms with Crippen molar-refractivity contribution in [2.45, 2.75) is 25.4 Å². The predicted octanol–water partition coefficient (Wildman–Crippen LogP) is 2.00. The molecule has 1 fully saturated rings. The van der Waals surface area contributed by atoms with Gasteiger partial charge >= 0.3 is 11.8 Å². The molecule has 2 heterocycles. The standard InChI is InChI=1S/C23H31N3O5S/c1-16(21(20-5-4-14-32-20)26-10-12-31-13-11-26)25-23(28)22(27)24-9-8-17-6-7-18(29-2)19(15-17)30-3/h4-7,14-16,21H,8-13H2,1-3H3,(H,24,27)(H,25,28)/t16-,21-/m0/s1. The SMILES string of the molecule is COc1ccc(CCNC(=O)C(=O)N[C@@H](C)[C@@H](c2cccs2)N2CCOCC2)cc1OC. The fraction of sp³-hybridized carbons (Fsp3) is 0.478. The molecule has 0 saturated carbocycles. The van der Waals surface area contributed by atoms with Gasteiger partial charge in [-0.3, -0.25) is 14.5 Å². The first-order valence-corrected chi connectivity index (χ1v) is 11.6. The molecule has 174 valence electrons. The maximum absolute atomic E-state index is 12.5. The minimum Gasteiger partial charge on any atom is -0.493 e. The van der Waals surface area contributed by atoms with Gasteiger partial charge in [-0.15, -0.1) is 11.3 Å². The van der Waals surface area contributed by atoms with Crippen LogP contribution < -0.4 is 20.1 Å². The van der Waals surface area contributed by atoms with Crippen LogP contribution in [0.3, 0.4) is 0 Å². The summed E-state index contributed by atoms with van der Waals surface area (Å²) in [6.45, 7) is 5.20. The van der Waals surface area contributed by atoms with Gasteiger partial charge in [-0.1, -0.05) is 12.1 Å². The summed E-state index contributed by atoms with van der Waals surface area (Å²) in [6.07, 6.45) is 0.570. The average molecular weight is 462 g/mol. The van der Waals surface area contributed by atoms with E-state index >= 15 is 0 Å². The summed E-state index contributed by atoms with van der Waals surface area (Å²) in [7, 11) is 3.16. The van der Waals surface area contributed by atoms with E-state index in [9.17, 15) is 9.59 Å². The first kappa shape index (κ1) is 24.0. The number of nitrogens with one attached hydrogen (secondary N) is 2. The summed E-state index contributed by atoms with van der Waals surface area (Å²) in [5.74, 6) is 0.0173. The number of nitrogens with zero attached hydrogens (tertiary/aromatic N) is 1. The summed E-state index contributed by atoms with van der Waals surface area (Å²) < 4.78 is 16.0. The van der Waals surface area contributed by atoms with Crippen LogP contribution >= 0.6 is 11.3 Å². The lowest BCUT2D eigenvalue weighted by Crippen LogP contribution is -2.51. The van der Waals surface area contributed by atoms with Crippen LogP contribution in [0.1, 0.15) is 23.4 Å². The minimum absolute atomic E-state index is 0.00224. The Balaban J connectivity index is 1.53. The Morgan fingerprint density at radius 1 is 1.12 bits per heavy atom. The number of morpholine rings is 1. The molecule has 0 bridgehead atoms. The van der Waals surface area contributed by atoms with Gasteiger partial charge < -0.3 is 24.8 Å². The van der Waals surface area contributed by atoms with Crippen LogP contribution in [0.2, 0.25) is 0 Å². The number of carbonyl (C=O) groups is 2. The number of amides is 2. The number of ether oxygens (including phenoxy) is 3. The molecule has 9 heteroatoms. The summed E-state index contributed by atoms with van der Waals surface area (Å²) in [5.41, 5.74) is 0.974. The zero-order valence-corrected chi connectivity index (χ0v) is 19.6. The second-order valence-corrected chi connectivity index (χ2v) is 8.55. The van der Waals surface area contributed by atoms with E-state index in [4.69, 9.17) is 14.2 Å². The molecule has 2 amide bonds. The lowest BCUT2D eigenvalue weighted by molar-refractivity contribution is -0.139. The van der Waals surface area contributed by atoms with Crippen molar-refractivity contribution in [3.8, 4) is 11.5 Å². The highest BCUT2D eigenvalue weighted by Crippen LogP contribution is 2.29. The van der Waals surface area contributed by atoms with E-state index in [1.54, 1.807) is 25.6 Å². The molecular formula is C23H31N3O5S. The van der Waals surface area contributed by atoms with E-state index in [2.05, 4.69) is 21.6 Å². The third-order valence-corrected chi connectivity index (χ3v) is 6.40. The molecule has 3 rings (SSSR count). The largest absolute Gasteiger partial charge is 0.493 e. The van der Waals surface area contributed by atoms with Crippen LogP contribution in [0.4, 0.5) is 0 Å². The third-order valence-electron chi connectivity index (χ3n) is 5.46. The number of carbonyl (C=O) groups excluding carboxylic acids is 2. The monoisotopic (exact) mass is 461 g/mol. The van der Waals surface area contributed by atoms with Gasteiger partial charge in [-0.05, 0) is 42.5 Å². The van der Waals surface area contributed by atoms with Crippen molar-refractivity contribution in [2.75, 3.05) is 47.1 Å². The molecule has 1 aromatic carbocycles. The predicted molar refractivity (Wildman–Crippen MR) is 123 cm³/mol. The minimum atomic E-state index is -0.635. The molecule has 0 radical (unpaired) electrons. The van der Waals surface area contributed by atoms with E-state index in [1.807, 2.05) is 36.6 Å². The fourth-order valence-corrected chi connectivity index (χ4v) is 4.81. The average Bonchev–Trinajstić information content (AvgIpc) is 3.33. The number of thiophene rings is 1. The quantitative estimate of drug-likeness (QED) is 0.556. The van der Waals surface area contributed by atoms with Gasteiger partial charge in [0.05, 0.1) is 33.5 Å². The summed E-state index contributed by atoms with van der Waals surface area (Å²) in [5, 5.41) is 7.61. The number of hydrogen-bond acceptors (Lipinski definition) is 7. The van der Waals surface area contributed by atoms with Crippen molar-refractivity contribution in [3.63, 3.8) is 0 Å². The van der Waals surface area contributed by atoms with E-state index in [0.29, 0.717) is 37.7 Å². The highest BCUT2D eigenvalue weighted by molar-refractivity contribution is 7.10. The van der Waals surface area contributed by atoms with Crippen LogP contribution in [0, 0.1) is 0 Å². The fourth-order valence-electron chi connectivity index (χ4n) is 3.85. The normalized spacial score (nSPS) is 16.1. The Labute approximate surface area is 192 Å². The van der Waals surface area contributed by atoms with Gasteiger partial charge in [-0.25, -0.2) is 0 Å². The van der Waals surface area contributed by atoms with Gasteiger partial charge in [-0.2, -0.15) is 0 Å². The summed E-state index contributed by atoms with van der Waals surface area (Å²) in [4.78, 5) is 28.4. The van der Waals surface area contributed by atoms with Crippen LogP contribution in [0.25, 0.3) is 0 Å². The Bertz CT molecular complexity index is 884. The van der Waals surface area contributed by atoms with Crippen molar-refractivity contribution in [1.82, 2.24) is 15.5 Å². The van der Waals surface area contributed by atoms with Crippen molar-refractivity contribution in [2.24, 2.45) is 0 Å². The van der Waals surface area contributed by atoms with Crippen LogP contribution in [0.5, 0.6) is 11.5 Å². The molecule has 2 N–H and O–H groups in total. The number of rotatable bonds is 9. The Hall–Kier alpha value is -2.62. The molecule has 8 nitrogen and oxygen atoms in total. The highest BCUT2D eigenvalue weighted by Gasteiger charge is 2.30. The topological polar surface area (TPSA) is 89.1 Å². The second-order valence-electron chi connectivity index (χ2n) is 7.57. The van der Waals surface area contributed by atoms with Crippen LogP contribution in [0.15, 0.2) is 35.7 Å². The lowest BCUT2D eigenvalue weighted by atomic mass is 10.1. The van der Waals surface area contributed by atoms with Crippen molar-refractivity contribution in [3.05, 3.63) is 46.2 Å². The number of methoxy groups -OCH3 is 2. The maximum Gasteiger partial charge on any atom is 0.309 e. The molecular weight excluding hydrogens is 430 g/mol. The molecule has 1 aliphatic heterocycles. The third kappa shape index (κ3) is 6.21. The number of hydrogen-bond donors (Lipinski definition) is 2. The van der Waals surface area contributed by atoms with E-state index in [0.717, 1.165) is 23.5 Å². The van der Waals surface area contributed by atoms with Crippen molar-refractivity contribution >= 4 is 23.2 Å². The Kier molecular flexibility index (Phi) is 8.90. The molecule has 0 aliphatic carbocycles. The molecule has 1 aliphatic rings. The zero-order valence-electron chi connectivity index (χ0n) is 18.8. The zero-order chi connectivity index (χ0) is 22.9. The van der Waals surface area contributed by atoms with E-state index in [1.165, 1.54) is 0 Å². The van der Waals surface area contributed by atoms with Gasteiger partial charge in [0, 0.05) is 30.6 Å². The molecule has 1 aromatic heterocycles. The van der Waals surface area contributed by atoms with Crippen molar-refractivity contribution in [1.29, 1.82) is 0 Å². The van der Waals surface area contributed by atoms with E-state index in [-0.39, 0.29) is 12.1 Å². The van der Waals surface area contributed by atoms with Gasteiger partial charge in [0.1, 0.15) is 0 Å². The molecule has 0 unspecified atom stereocenters. The van der Waals surface area contributed by atoms with Crippen LogP contribution in [-0.2, 0) is 20.7 Å². The summed E-state index contributed by atoms with van der Waals surface area (Å²) in [6, 6.07) is 9.43. The maximum atomic E-state index is 12.5. The molecule has 32 heavy (non-hydrogen) atoms. The molecule has 2 atom stereocenters. The van der Waals surface area contributed by atoms with Gasteiger partial charge in [0.15, 0.2) is 11.5 Å². The molecule has 0 spiro atoms. The Morgan fingerprint density at radius 2 is 1.88 bits per heavy atom. The molecule has 2 aromatic rings.